The first kappa shape index (κ1) is 62.0. The molecule has 0 aliphatic heterocycles. The van der Waals surface area contributed by atoms with Crippen LogP contribution in [0.15, 0.2) is 91.5 Å². The lowest BCUT2D eigenvalue weighted by molar-refractivity contribution is 0.140. The fourth-order valence-corrected chi connectivity index (χ4v) is 10.9. The molecule has 320 valence electrons. The van der Waals surface area contributed by atoms with Crippen molar-refractivity contribution in [3.63, 3.8) is 0 Å². The summed E-state index contributed by atoms with van der Waals surface area (Å²) in [5.74, 6) is 1.90. The first-order chi connectivity index (χ1) is 25.5. The third-order valence-electron chi connectivity index (χ3n) is 7.15. The summed E-state index contributed by atoms with van der Waals surface area (Å²) in [6.07, 6.45) is 2.01. The van der Waals surface area contributed by atoms with Crippen molar-refractivity contribution in [2.75, 3.05) is 41.3 Å². The molecule has 0 heterocycles. The molecule has 0 radical (unpaired) electrons. The Morgan fingerprint density at radius 1 is 0.661 bits per heavy atom. The number of hydrogen-bond donors (Lipinski definition) is 4. The summed E-state index contributed by atoms with van der Waals surface area (Å²) in [5.41, 5.74) is 3.32. The summed E-state index contributed by atoms with van der Waals surface area (Å²) in [6.45, 7) is 13.5. The molecule has 0 aromatic heterocycles. The molecule has 0 unspecified atom stereocenters. The lowest BCUT2D eigenvalue weighted by Gasteiger charge is -2.24. The van der Waals surface area contributed by atoms with Crippen molar-refractivity contribution in [2.24, 2.45) is 0 Å². The van der Waals surface area contributed by atoms with E-state index < -0.39 is 25.9 Å². The maximum Gasteiger partial charge on any atom is 0.536 e. The molecule has 3 aromatic rings. The first-order valence-electron chi connectivity index (χ1n) is 17.3. The van der Waals surface area contributed by atoms with Gasteiger partial charge in [-0.1, -0.05) is 164 Å². The van der Waals surface area contributed by atoms with Gasteiger partial charge < -0.3 is 31.7 Å². The van der Waals surface area contributed by atoms with Gasteiger partial charge in [0.25, 0.3) is 0 Å². The summed E-state index contributed by atoms with van der Waals surface area (Å²) in [6, 6.07) is 29.4. The molecule has 3 rings (SSSR count). The molecular formula is C40H70O7S6Si3. The van der Waals surface area contributed by atoms with Gasteiger partial charge in [-0.2, -0.15) is 0 Å². The Labute approximate surface area is 374 Å². The van der Waals surface area contributed by atoms with Crippen molar-refractivity contribution in [3.05, 3.63) is 108 Å². The van der Waals surface area contributed by atoms with Crippen LogP contribution in [0, 0.1) is 0 Å². The van der Waals surface area contributed by atoms with Crippen LogP contribution in [0.5, 0.6) is 0 Å². The average Bonchev–Trinajstić information content (AvgIpc) is 3.17. The third-order valence-corrected chi connectivity index (χ3v) is 17.8. The normalized spacial score (nSPS) is 10.5. The minimum atomic E-state index is -2.71. The van der Waals surface area contributed by atoms with Crippen LogP contribution in [0.25, 0.3) is 4.91 Å². The molecule has 0 fully saturated rings. The molecule has 3 aromatic carbocycles. The number of thiol groups is 2. The monoisotopic (exact) mass is 938 g/mol. The molecule has 0 saturated carbocycles. The lowest BCUT2D eigenvalue weighted by atomic mass is 10.2. The van der Waals surface area contributed by atoms with Crippen LogP contribution in [0.4, 0.5) is 0 Å². The number of thiocarbonyl (C=S) groups is 2. The zero-order valence-corrected chi connectivity index (χ0v) is 41.6. The van der Waals surface area contributed by atoms with Crippen molar-refractivity contribution >= 4 is 117 Å². The highest BCUT2D eigenvalue weighted by Gasteiger charge is 2.40. The fourth-order valence-electron chi connectivity index (χ4n) is 4.14. The summed E-state index contributed by atoms with van der Waals surface area (Å²) >= 11 is 21.6. The molecule has 0 saturated heterocycles. The highest BCUT2D eigenvalue weighted by Crippen LogP contribution is 2.21. The number of hydrogen-bond acceptors (Lipinski definition) is 12. The Bertz CT molecular complexity index is 1350. The SMILES string of the molecule is C.C.C=C(S)c1ccccc1.CCC[Si](C)(O)O.CCC[Si](C)(OC)OC.CCSC(=S)SCc1ccc([Si](OC)(OC)OC)cc1.S=C(S)c1ccccc1. The van der Waals surface area contributed by atoms with Crippen LogP contribution >= 0.6 is 73.2 Å². The molecular weight excluding hydrogens is 869 g/mol. The van der Waals surface area contributed by atoms with Gasteiger partial charge in [-0.15, -0.1) is 48.8 Å². The summed E-state index contributed by atoms with van der Waals surface area (Å²) in [4.78, 5) is 18.2. The zero-order valence-electron chi connectivity index (χ0n) is 33.5. The second kappa shape index (κ2) is 36.2. The van der Waals surface area contributed by atoms with E-state index in [1.54, 1.807) is 59.1 Å². The Morgan fingerprint density at radius 2 is 1.09 bits per heavy atom. The molecule has 0 bridgehead atoms. The van der Waals surface area contributed by atoms with Gasteiger partial charge in [-0.05, 0) is 47.6 Å². The van der Waals surface area contributed by atoms with Crippen molar-refractivity contribution in [2.45, 2.75) is 79.4 Å². The largest absolute Gasteiger partial charge is 0.536 e. The van der Waals surface area contributed by atoms with Crippen LogP contribution in [-0.4, -0.2) is 84.5 Å². The van der Waals surface area contributed by atoms with Gasteiger partial charge in [0.2, 0.25) is 0 Å². The molecule has 56 heavy (non-hydrogen) atoms. The number of thioether (sulfide) groups is 2. The Balaban J connectivity index is -0.000000320. The minimum absolute atomic E-state index is 0. The summed E-state index contributed by atoms with van der Waals surface area (Å²) in [5, 5.41) is 0.962. The highest BCUT2D eigenvalue weighted by atomic mass is 32.2. The maximum atomic E-state index is 8.71. The summed E-state index contributed by atoms with van der Waals surface area (Å²) in [7, 11) is 1.23. The molecule has 0 spiro atoms. The number of benzene rings is 3. The van der Waals surface area contributed by atoms with Gasteiger partial charge in [0, 0.05) is 51.4 Å². The van der Waals surface area contributed by atoms with Crippen LogP contribution in [0.3, 0.4) is 0 Å². The molecule has 16 heteroatoms. The van der Waals surface area contributed by atoms with Crippen LogP contribution in [-0.2, 0) is 27.9 Å². The topological polar surface area (TPSA) is 86.6 Å². The molecule has 0 atom stereocenters. The van der Waals surface area contributed by atoms with Crippen LogP contribution < -0.4 is 5.19 Å². The first-order valence-corrected chi connectivity index (χ1v) is 27.8. The van der Waals surface area contributed by atoms with Gasteiger partial charge in [0.15, 0.2) is 0 Å². The van der Waals surface area contributed by atoms with Crippen molar-refractivity contribution < 1.29 is 31.7 Å². The Hall–Kier alpha value is -0.649. The molecule has 7 nitrogen and oxygen atoms in total. The van der Waals surface area contributed by atoms with E-state index >= 15 is 0 Å². The Kier molecular flexibility index (Phi) is 40.1. The van der Waals surface area contributed by atoms with E-state index in [4.69, 9.17) is 56.2 Å². The van der Waals surface area contributed by atoms with Crippen molar-refractivity contribution in [1.29, 1.82) is 0 Å². The quantitative estimate of drug-likeness (QED) is 0.0668. The van der Waals surface area contributed by atoms with Crippen molar-refractivity contribution in [1.82, 2.24) is 0 Å². The second-order valence-corrected chi connectivity index (χ2v) is 26.2. The molecule has 2 N–H and O–H groups in total. The molecule has 0 aliphatic carbocycles. The van der Waals surface area contributed by atoms with Gasteiger partial charge in [0.1, 0.15) is 3.53 Å². The van der Waals surface area contributed by atoms with Gasteiger partial charge in [-0.3, -0.25) is 0 Å². The van der Waals surface area contributed by atoms with E-state index in [1.807, 2.05) is 79.7 Å². The van der Waals surface area contributed by atoms with E-state index in [9.17, 15) is 0 Å². The Morgan fingerprint density at radius 3 is 1.34 bits per heavy atom. The van der Waals surface area contributed by atoms with Crippen molar-refractivity contribution in [3.8, 4) is 0 Å². The predicted octanol–water partition coefficient (Wildman–Crippen LogP) is 11.4. The smallest absolute Gasteiger partial charge is 0.411 e. The standard InChI is InChI=1S/C13H20O3S3Si.C8H8S.C7H6S2.C6H16O2Si.C4H12O2Si.2CH4/c1-5-18-13(17)19-10-11-6-8-12(9-7-11)20(14-2,15-3)16-4;1-7(9)8-5-3-2-4-6-8;8-7(9)6-4-2-1-3-5-6;1-5-6-9(4,7-2)8-3;1-3-4-7(2,5)6;;/h6-9H,5,10H2,1-4H3;2-6,9H,1H2;1-5H,(H,8,9);5-6H2,1-4H3;5-6H,3-4H2,1-2H3;2*1H4. The summed E-state index contributed by atoms with van der Waals surface area (Å²) < 4.78 is 28.5. The van der Waals surface area contributed by atoms with Gasteiger partial charge in [-0.25, -0.2) is 0 Å². The molecule has 0 amide bonds. The van der Waals surface area contributed by atoms with Gasteiger partial charge in [0.05, 0.1) is 4.20 Å². The van der Waals surface area contributed by atoms with E-state index in [2.05, 4.69) is 64.4 Å². The predicted molar refractivity (Wildman–Crippen MR) is 272 cm³/mol. The second-order valence-electron chi connectivity index (χ2n) is 11.6. The third kappa shape index (κ3) is 29.5. The lowest BCUT2D eigenvalue weighted by Crippen LogP contribution is -2.54. The number of rotatable bonds is 15. The average molecular weight is 940 g/mol. The molecule has 0 aliphatic rings. The fraction of sp³-hybridized carbons (Fsp3) is 0.450. The van der Waals surface area contributed by atoms with E-state index in [1.165, 1.54) is 12.1 Å². The van der Waals surface area contributed by atoms with Crippen LogP contribution in [0.2, 0.25) is 25.2 Å². The maximum absolute atomic E-state index is 8.71. The highest BCUT2D eigenvalue weighted by molar-refractivity contribution is 8.46. The van der Waals surface area contributed by atoms with Crippen LogP contribution in [0.1, 0.15) is 65.2 Å². The van der Waals surface area contributed by atoms with E-state index in [-0.39, 0.29) is 14.9 Å². The minimum Gasteiger partial charge on any atom is -0.411 e. The van der Waals surface area contributed by atoms with E-state index in [0.717, 1.165) is 55.1 Å². The van der Waals surface area contributed by atoms with E-state index in [0.29, 0.717) is 10.2 Å². The van der Waals surface area contributed by atoms with Gasteiger partial charge >= 0.3 is 25.9 Å². The zero-order chi connectivity index (χ0) is 41.6.